The number of anilines is 1. The maximum absolute atomic E-state index is 12.9. The van der Waals surface area contributed by atoms with E-state index in [0.29, 0.717) is 4.90 Å². The highest BCUT2D eigenvalue weighted by Gasteiger charge is 2.36. The Morgan fingerprint density at radius 3 is 2.73 bits per heavy atom. The van der Waals surface area contributed by atoms with E-state index >= 15 is 0 Å². The summed E-state index contributed by atoms with van der Waals surface area (Å²) in [5.41, 5.74) is -1.02. The van der Waals surface area contributed by atoms with Crippen LogP contribution >= 0.6 is 23.4 Å². The molecule has 1 aromatic carbocycles. The molecule has 0 N–H and O–H groups in total. The SMILES string of the molecule is CCOC(=O)CN1C(=O)CSc2cc(Cl)c(C(F)(F)F)cc21. The number of ether oxygens (including phenoxy) is 1. The van der Waals surface area contributed by atoms with Gasteiger partial charge < -0.3 is 4.74 Å². The van der Waals surface area contributed by atoms with Gasteiger partial charge in [0.25, 0.3) is 0 Å². The van der Waals surface area contributed by atoms with Gasteiger partial charge >= 0.3 is 12.1 Å². The molecule has 0 radical (unpaired) electrons. The van der Waals surface area contributed by atoms with E-state index in [1.807, 2.05) is 0 Å². The Kier molecular flexibility index (Phi) is 4.91. The molecule has 1 aliphatic heterocycles. The molecule has 0 fully saturated rings. The van der Waals surface area contributed by atoms with Crippen molar-refractivity contribution in [3.8, 4) is 0 Å². The molecule has 0 bridgehead atoms. The van der Waals surface area contributed by atoms with E-state index in [1.165, 1.54) is 0 Å². The minimum Gasteiger partial charge on any atom is -0.465 e. The van der Waals surface area contributed by atoms with Gasteiger partial charge in [-0.15, -0.1) is 11.8 Å². The zero-order valence-electron chi connectivity index (χ0n) is 11.4. The van der Waals surface area contributed by atoms with E-state index in [4.69, 9.17) is 16.3 Å². The fourth-order valence-corrected chi connectivity index (χ4v) is 3.24. The van der Waals surface area contributed by atoms with Gasteiger partial charge in [-0.2, -0.15) is 13.2 Å². The first-order valence-electron chi connectivity index (χ1n) is 6.23. The highest BCUT2D eigenvalue weighted by Crippen LogP contribution is 2.43. The van der Waals surface area contributed by atoms with Crippen molar-refractivity contribution in [2.45, 2.75) is 18.0 Å². The van der Waals surface area contributed by atoms with E-state index in [0.717, 1.165) is 28.8 Å². The van der Waals surface area contributed by atoms with Crippen LogP contribution in [0, 0.1) is 0 Å². The maximum atomic E-state index is 12.9. The fraction of sp³-hybridized carbons (Fsp3) is 0.385. The largest absolute Gasteiger partial charge is 0.465 e. The summed E-state index contributed by atoms with van der Waals surface area (Å²) in [6.45, 7) is 1.29. The van der Waals surface area contributed by atoms with E-state index in [9.17, 15) is 22.8 Å². The van der Waals surface area contributed by atoms with Crippen LogP contribution in [0.3, 0.4) is 0 Å². The maximum Gasteiger partial charge on any atom is 0.417 e. The highest BCUT2D eigenvalue weighted by molar-refractivity contribution is 8.00. The molecule has 0 aliphatic carbocycles. The lowest BCUT2D eigenvalue weighted by atomic mass is 10.1. The minimum atomic E-state index is -4.65. The van der Waals surface area contributed by atoms with Gasteiger partial charge in [-0.3, -0.25) is 14.5 Å². The molecule has 9 heteroatoms. The zero-order chi connectivity index (χ0) is 16.5. The summed E-state index contributed by atoms with van der Waals surface area (Å²) < 4.78 is 43.6. The summed E-state index contributed by atoms with van der Waals surface area (Å²) in [5.74, 6) is -1.12. The first kappa shape index (κ1) is 17.0. The van der Waals surface area contributed by atoms with Crippen molar-refractivity contribution in [3.05, 3.63) is 22.7 Å². The lowest BCUT2D eigenvalue weighted by Gasteiger charge is -2.29. The molecule has 2 rings (SSSR count). The molecule has 0 atom stereocenters. The Morgan fingerprint density at radius 1 is 1.45 bits per heavy atom. The molecule has 1 heterocycles. The van der Waals surface area contributed by atoms with Crippen molar-refractivity contribution in [2.75, 3.05) is 23.8 Å². The Morgan fingerprint density at radius 2 is 2.14 bits per heavy atom. The first-order chi connectivity index (χ1) is 10.2. The lowest BCUT2D eigenvalue weighted by Crippen LogP contribution is -2.40. The molecule has 4 nitrogen and oxygen atoms in total. The molecular formula is C13H11ClF3NO3S. The number of carbonyl (C=O) groups is 2. The van der Waals surface area contributed by atoms with Gasteiger partial charge in [-0.05, 0) is 19.1 Å². The predicted molar refractivity (Wildman–Crippen MR) is 76.2 cm³/mol. The Balaban J connectivity index is 2.44. The molecule has 0 saturated heterocycles. The van der Waals surface area contributed by atoms with Crippen molar-refractivity contribution < 1.29 is 27.5 Å². The standard InChI is InChI=1S/C13H11ClF3NO3S/c1-2-21-12(20)5-18-9-3-7(13(15,16)17)8(14)4-10(9)22-6-11(18)19/h3-4H,2,5-6H2,1H3. The number of benzene rings is 1. The number of halogens is 4. The van der Waals surface area contributed by atoms with Crippen LogP contribution in [-0.4, -0.2) is 30.8 Å². The smallest absolute Gasteiger partial charge is 0.417 e. The van der Waals surface area contributed by atoms with Crippen molar-refractivity contribution in [3.63, 3.8) is 0 Å². The number of rotatable bonds is 3. The quantitative estimate of drug-likeness (QED) is 0.782. The second-order valence-electron chi connectivity index (χ2n) is 4.37. The normalized spacial score (nSPS) is 14.8. The molecule has 1 aliphatic rings. The molecule has 22 heavy (non-hydrogen) atoms. The van der Waals surface area contributed by atoms with Crippen LogP contribution in [0.5, 0.6) is 0 Å². The summed E-state index contributed by atoms with van der Waals surface area (Å²) in [7, 11) is 0. The average molecular weight is 354 g/mol. The average Bonchev–Trinajstić information content (AvgIpc) is 2.40. The van der Waals surface area contributed by atoms with Gasteiger partial charge in [0.15, 0.2) is 0 Å². The summed E-state index contributed by atoms with van der Waals surface area (Å²) in [6, 6.07) is 1.95. The predicted octanol–water partition coefficient (Wildman–Crippen LogP) is 3.36. The molecule has 0 saturated carbocycles. The third kappa shape index (κ3) is 3.49. The first-order valence-corrected chi connectivity index (χ1v) is 7.60. The summed E-state index contributed by atoms with van der Waals surface area (Å²) >= 11 is 6.74. The number of nitrogens with zero attached hydrogens (tertiary/aromatic N) is 1. The Labute approximate surface area is 133 Å². The third-order valence-corrected chi connectivity index (χ3v) is 4.23. The second-order valence-corrected chi connectivity index (χ2v) is 5.80. The van der Waals surface area contributed by atoms with Crippen molar-refractivity contribution in [1.82, 2.24) is 0 Å². The molecule has 0 spiro atoms. The van der Waals surface area contributed by atoms with Crippen molar-refractivity contribution in [2.24, 2.45) is 0 Å². The van der Waals surface area contributed by atoms with Crippen LogP contribution in [0.1, 0.15) is 12.5 Å². The summed E-state index contributed by atoms with van der Waals surface area (Å²) in [5, 5.41) is -0.441. The number of alkyl halides is 3. The lowest BCUT2D eigenvalue weighted by molar-refractivity contribution is -0.142. The van der Waals surface area contributed by atoms with Crippen LogP contribution in [0.4, 0.5) is 18.9 Å². The van der Waals surface area contributed by atoms with E-state index in [-0.39, 0.29) is 18.0 Å². The summed E-state index contributed by atoms with van der Waals surface area (Å²) in [4.78, 5) is 24.9. The van der Waals surface area contributed by atoms with E-state index in [2.05, 4.69) is 0 Å². The van der Waals surface area contributed by atoms with Crippen LogP contribution in [0.25, 0.3) is 0 Å². The van der Waals surface area contributed by atoms with Gasteiger partial charge in [0.2, 0.25) is 5.91 Å². The Bertz CT molecular complexity index is 621. The fourth-order valence-electron chi connectivity index (χ4n) is 1.95. The topological polar surface area (TPSA) is 46.6 Å². The van der Waals surface area contributed by atoms with Crippen LogP contribution in [-0.2, 0) is 20.5 Å². The monoisotopic (exact) mass is 353 g/mol. The molecule has 120 valence electrons. The number of esters is 1. The number of hydrogen-bond donors (Lipinski definition) is 0. The van der Waals surface area contributed by atoms with Crippen LogP contribution in [0.2, 0.25) is 5.02 Å². The van der Waals surface area contributed by atoms with Crippen LogP contribution < -0.4 is 4.90 Å². The second kappa shape index (κ2) is 6.37. The van der Waals surface area contributed by atoms with Gasteiger partial charge in [0.05, 0.1) is 28.6 Å². The Hall–Kier alpha value is -1.41. The molecular weight excluding hydrogens is 343 g/mol. The van der Waals surface area contributed by atoms with E-state index < -0.39 is 35.2 Å². The molecule has 1 aromatic rings. The minimum absolute atomic E-state index is 0.0195. The molecule has 0 unspecified atom stereocenters. The van der Waals surface area contributed by atoms with Crippen molar-refractivity contribution >= 4 is 40.9 Å². The zero-order valence-corrected chi connectivity index (χ0v) is 12.9. The number of thioether (sulfide) groups is 1. The number of fused-ring (bicyclic) bond motifs is 1. The van der Waals surface area contributed by atoms with Gasteiger partial charge in [-0.1, -0.05) is 11.6 Å². The van der Waals surface area contributed by atoms with E-state index in [1.54, 1.807) is 6.92 Å². The number of carbonyl (C=O) groups excluding carboxylic acids is 2. The van der Waals surface area contributed by atoms with Crippen molar-refractivity contribution in [1.29, 1.82) is 0 Å². The summed E-state index contributed by atoms with van der Waals surface area (Å²) in [6.07, 6.45) is -4.65. The van der Waals surface area contributed by atoms with Gasteiger partial charge in [-0.25, -0.2) is 0 Å². The van der Waals surface area contributed by atoms with Gasteiger partial charge in [0, 0.05) is 4.90 Å². The number of hydrogen-bond acceptors (Lipinski definition) is 4. The number of amides is 1. The third-order valence-electron chi connectivity index (χ3n) is 2.89. The van der Waals surface area contributed by atoms with Gasteiger partial charge in [0.1, 0.15) is 6.54 Å². The molecule has 1 amide bonds. The molecule has 0 aromatic heterocycles. The highest BCUT2D eigenvalue weighted by atomic mass is 35.5. The van der Waals surface area contributed by atoms with Crippen LogP contribution in [0.15, 0.2) is 17.0 Å².